The van der Waals surface area contributed by atoms with Crippen LogP contribution < -0.4 is 10.5 Å². The van der Waals surface area contributed by atoms with Crippen LogP contribution >= 0.6 is 11.6 Å². The largest absolute Gasteiger partial charge is 0.353 e. The minimum atomic E-state index is -0.415. The summed E-state index contributed by atoms with van der Waals surface area (Å²) in [7, 11) is 0. The number of nitrogens with zero attached hydrogens (tertiary/aromatic N) is 3. The number of carbonyl (C=O) groups is 1. The number of anilines is 1. The van der Waals surface area contributed by atoms with Gasteiger partial charge in [0.15, 0.2) is 0 Å². The smallest absolute Gasteiger partial charge is 0.260 e. The third-order valence-electron chi connectivity index (χ3n) is 3.64. The van der Waals surface area contributed by atoms with Crippen molar-refractivity contribution in [1.29, 1.82) is 0 Å². The van der Waals surface area contributed by atoms with E-state index in [0.717, 1.165) is 5.82 Å². The van der Waals surface area contributed by atoms with Crippen molar-refractivity contribution in [3.63, 3.8) is 0 Å². The summed E-state index contributed by atoms with van der Waals surface area (Å²) in [6, 6.07) is 7.16. The molecule has 0 spiro atoms. The molecular formula is C15H15ClN4O2. The maximum absolute atomic E-state index is 12.4. The maximum atomic E-state index is 12.4. The van der Waals surface area contributed by atoms with Gasteiger partial charge in [-0.05, 0) is 18.2 Å². The van der Waals surface area contributed by atoms with Crippen LogP contribution in [-0.4, -0.2) is 47.0 Å². The fourth-order valence-corrected chi connectivity index (χ4v) is 2.63. The average Bonchev–Trinajstić information content (AvgIpc) is 2.57. The van der Waals surface area contributed by atoms with Crippen LogP contribution in [0.3, 0.4) is 0 Å². The molecule has 1 amide bonds. The van der Waals surface area contributed by atoms with Gasteiger partial charge in [-0.15, -0.1) is 0 Å². The molecule has 0 aromatic carbocycles. The van der Waals surface area contributed by atoms with Crippen LogP contribution in [0.4, 0.5) is 5.82 Å². The van der Waals surface area contributed by atoms with Gasteiger partial charge in [0.25, 0.3) is 11.5 Å². The number of hydrogen-bond acceptors (Lipinski definition) is 4. The molecule has 0 radical (unpaired) electrons. The minimum absolute atomic E-state index is 0.0822. The van der Waals surface area contributed by atoms with Gasteiger partial charge in [0.05, 0.1) is 5.02 Å². The fourth-order valence-electron chi connectivity index (χ4n) is 2.47. The van der Waals surface area contributed by atoms with Gasteiger partial charge in [-0.2, -0.15) is 0 Å². The number of nitrogens with one attached hydrogen (secondary N) is 1. The first kappa shape index (κ1) is 14.6. The van der Waals surface area contributed by atoms with Crippen molar-refractivity contribution >= 4 is 23.3 Å². The SMILES string of the molecule is O=C(c1cc(Cl)c[nH]c1=O)N1CCN(c2ccccn2)CC1. The van der Waals surface area contributed by atoms with Gasteiger partial charge in [0.1, 0.15) is 11.4 Å². The minimum Gasteiger partial charge on any atom is -0.353 e. The van der Waals surface area contributed by atoms with E-state index in [4.69, 9.17) is 11.6 Å². The molecule has 114 valence electrons. The molecule has 22 heavy (non-hydrogen) atoms. The Morgan fingerprint density at radius 3 is 2.68 bits per heavy atom. The van der Waals surface area contributed by atoms with E-state index in [1.165, 1.54) is 12.3 Å². The Hall–Kier alpha value is -2.34. The second kappa shape index (κ2) is 6.19. The summed E-state index contributed by atoms with van der Waals surface area (Å²) >= 11 is 5.85. The van der Waals surface area contributed by atoms with E-state index in [0.29, 0.717) is 31.2 Å². The summed E-state index contributed by atoms with van der Waals surface area (Å²) in [5.41, 5.74) is -0.333. The number of amides is 1. The molecule has 0 saturated carbocycles. The molecule has 0 aliphatic carbocycles. The quantitative estimate of drug-likeness (QED) is 0.908. The van der Waals surface area contributed by atoms with E-state index in [2.05, 4.69) is 14.9 Å². The van der Waals surface area contributed by atoms with Gasteiger partial charge < -0.3 is 14.8 Å². The third-order valence-corrected chi connectivity index (χ3v) is 3.86. The van der Waals surface area contributed by atoms with E-state index in [1.807, 2.05) is 18.2 Å². The Kier molecular flexibility index (Phi) is 4.11. The van der Waals surface area contributed by atoms with Crippen molar-refractivity contribution in [3.05, 3.63) is 57.6 Å². The zero-order valence-electron chi connectivity index (χ0n) is 11.8. The van der Waals surface area contributed by atoms with Crippen LogP contribution in [0.25, 0.3) is 0 Å². The van der Waals surface area contributed by atoms with Crippen molar-refractivity contribution in [2.75, 3.05) is 31.1 Å². The predicted molar refractivity (Wildman–Crippen MR) is 84.4 cm³/mol. The standard InChI is InChI=1S/C15H15ClN4O2/c16-11-9-12(14(21)18-10-11)15(22)20-7-5-19(6-8-20)13-3-1-2-4-17-13/h1-4,9-10H,5-8H2,(H,18,21). The Morgan fingerprint density at radius 2 is 2.00 bits per heavy atom. The summed E-state index contributed by atoms with van der Waals surface area (Å²) in [5, 5.41) is 0.343. The predicted octanol–water partition coefficient (Wildman–Crippen LogP) is 1.39. The van der Waals surface area contributed by atoms with Gasteiger partial charge >= 0.3 is 0 Å². The first-order valence-corrected chi connectivity index (χ1v) is 7.36. The van der Waals surface area contributed by atoms with Gasteiger partial charge in [0.2, 0.25) is 0 Å². The second-order valence-corrected chi connectivity index (χ2v) is 5.46. The molecular weight excluding hydrogens is 304 g/mol. The molecule has 6 nitrogen and oxygen atoms in total. The van der Waals surface area contributed by atoms with Crippen LogP contribution in [0.15, 0.2) is 41.5 Å². The summed E-state index contributed by atoms with van der Waals surface area (Å²) in [5.74, 6) is 0.611. The lowest BCUT2D eigenvalue weighted by atomic mass is 10.2. The zero-order valence-corrected chi connectivity index (χ0v) is 12.6. The molecule has 1 saturated heterocycles. The summed E-state index contributed by atoms with van der Waals surface area (Å²) < 4.78 is 0. The molecule has 3 heterocycles. The van der Waals surface area contributed by atoms with Crippen LogP contribution in [0.5, 0.6) is 0 Å². The van der Waals surface area contributed by atoms with Crippen LogP contribution in [0, 0.1) is 0 Å². The highest BCUT2D eigenvalue weighted by atomic mass is 35.5. The number of rotatable bonds is 2. The Bertz CT molecular complexity index is 724. The second-order valence-electron chi connectivity index (χ2n) is 5.03. The number of carbonyl (C=O) groups excluding carboxylic acids is 1. The number of H-pyrrole nitrogens is 1. The van der Waals surface area contributed by atoms with Crippen molar-refractivity contribution in [2.24, 2.45) is 0 Å². The molecule has 0 atom stereocenters. The average molecular weight is 319 g/mol. The highest BCUT2D eigenvalue weighted by Gasteiger charge is 2.24. The third kappa shape index (κ3) is 2.96. The maximum Gasteiger partial charge on any atom is 0.260 e. The number of halogens is 1. The molecule has 2 aromatic heterocycles. The number of aromatic amines is 1. The molecule has 7 heteroatoms. The molecule has 3 rings (SSSR count). The molecule has 2 aromatic rings. The Morgan fingerprint density at radius 1 is 1.23 bits per heavy atom. The van der Waals surface area contributed by atoms with Crippen molar-refractivity contribution in [3.8, 4) is 0 Å². The van der Waals surface area contributed by atoms with Gasteiger partial charge in [0, 0.05) is 38.6 Å². The van der Waals surface area contributed by atoms with Crippen LogP contribution in [-0.2, 0) is 0 Å². The first-order valence-electron chi connectivity index (χ1n) is 6.98. The number of pyridine rings is 2. The van der Waals surface area contributed by atoms with Crippen LogP contribution in [0.1, 0.15) is 10.4 Å². The van der Waals surface area contributed by atoms with Crippen molar-refractivity contribution < 1.29 is 4.79 Å². The molecule has 1 N–H and O–H groups in total. The van der Waals surface area contributed by atoms with Gasteiger partial charge in [-0.1, -0.05) is 17.7 Å². The van der Waals surface area contributed by atoms with E-state index in [9.17, 15) is 9.59 Å². The lowest BCUT2D eigenvalue weighted by Gasteiger charge is -2.35. The highest BCUT2D eigenvalue weighted by Crippen LogP contribution is 2.14. The number of hydrogen-bond donors (Lipinski definition) is 1. The van der Waals surface area contributed by atoms with Crippen LogP contribution in [0.2, 0.25) is 5.02 Å². The summed E-state index contributed by atoms with van der Waals surface area (Å²) in [6.45, 7) is 2.45. The van der Waals surface area contributed by atoms with Gasteiger partial charge in [-0.3, -0.25) is 9.59 Å². The van der Waals surface area contributed by atoms with Crippen molar-refractivity contribution in [1.82, 2.24) is 14.9 Å². The van der Waals surface area contributed by atoms with Gasteiger partial charge in [-0.25, -0.2) is 4.98 Å². The topological polar surface area (TPSA) is 69.3 Å². The van der Waals surface area contributed by atoms with E-state index < -0.39 is 5.56 Å². The molecule has 0 bridgehead atoms. The lowest BCUT2D eigenvalue weighted by molar-refractivity contribution is 0.0744. The van der Waals surface area contributed by atoms with E-state index in [1.54, 1.807) is 11.1 Å². The molecule has 1 aliphatic heterocycles. The zero-order chi connectivity index (χ0) is 15.5. The molecule has 0 unspecified atom stereocenters. The van der Waals surface area contributed by atoms with E-state index in [-0.39, 0.29) is 11.5 Å². The van der Waals surface area contributed by atoms with Crippen molar-refractivity contribution in [2.45, 2.75) is 0 Å². The molecule has 1 fully saturated rings. The number of piperazine rings is 1. The number of aromatic nitrogens is 2. The molecule has 1 aliphatic rings. The fraction of sp³-hybridized carbons (Fsp3) is 0.267. The summed E-state index contributed by atoms with van der Waals surface area (Å²) in [6.07, 6.45) is 3.12. The summed E-state index contributed by atoms with van der Waals surface area (Å²) in [4.78, 5) is 34.7. The highest BCUT2D eigenvalue weighted by molar-refractivity contribution is 6.30. The normalized spacial score (nSPS) is 15.0. The lowest BCUT2D eigenvalue weighted by Crippen LogP contribution is -2.49. The monoisotopic (exact) mass is 318 g/mol. The Balaban J connectivity index is 1.70. The Labute approximate surface area is 132 Å². The van der Waals surface area contributed by atoms with E-state index >= 15 is 0 Å². The first-order chi connectivity index (χ1) is 10.6.